The summed E-state index contributed by atoms with van der Waals surface area (Å²) in [7, 11) is -4.35. The zero-order valence-corrected chi connectivity index (χ0v) is 32.2. The van der Waals surface area contributed by atoms with Gasteiger partial charge in [0.15, 0.2) is 0 Å². The van der Waals surface area contributed by atoms with Gasteiger partial charge in [-0.3, -0.25) is 9.35 Å². The number of amides is 1. The highest BCUT2D eigenvalue weighted by Crippen LogP contribution is 2.13. The van der Waals surface area contributed by atoms with Gasteiger partial charge in [0.25, 0.3) is 10.1 Å². The highest BCUT2D eigenvalue weighted by molar-refractivity contribution is 7.85. The first-order chi connectivity index (χ1) is 23.3. The van der Waals surface area contributed by atoms with Crippen LogP contribution in [0.15, 0.2) is 36.5 Å². The zero-order chi connectivity index (χ0) is 35.4. The molecule has 0 aliphatic rings. The Morgan fingerprint density at radius 2 is 0.896 bits per heavy atom. The third-order valence-corrected chi connectivity index (χ3v) is 9.82. The number of carbonyl (C=O) groups is 1. The van der Waals surface area contributed by atoms with Crippen molar-refractivity contribution in [3.8, 4) is 0 Å². The van der Waals surface area contributed by atoms with Crippen molar-refractivity contribution in [3.63, 3.8) is 0 Å². The van der Waals surface area contributed by atoms with Crippen molar-refractivity contribution in [2.24, 2.45) is 0 Å². The van der Waals surface area contributed by atoms with E-state index in [1.807, 2.05) is 6.08 Å². The van der Waals surface area contributed by atoms with E-state index in [0.717, 1.165) is 32.1 Å². The zero-order valence-electron chi connectivity index (χ0n) is 31.4. The van der Waals surface area contributed by atoms with Crippen LogP contribution in [0, 0.1) is 0 Å². The molecule has 0 bridgehead atoms. The number of aliphatic hydroxyl groups is 1. The molecular formula is C41H77NO5S. The summed E-state index contributed by atoms with van der Waals surface area (Å²) < 4.78 is 32.4. The highest BCUT2D eigenvalue weighted by atomic mass is 32.2. The van der Waals surface area contributed by atoms with Crippen LogP contribution in [-0.2, 0) is 14.9 Å². The summed E-state index contributed by atoms with van der Waals surface area (Å²) in [6, 6.07) is -1.07. The molecule has 0 aliphatic carbocycles. The lowest BCUT2D eigenvalue weighted by Gasteiger charge is -2.21. The number of hydrogen-bond donors (Lipinski definition) is 3. The first-order valence-electron chi connectivity index (χ1n) is 20.2. The molecule has 48 heavy (non-hydrogen) atoms. The third-order valence-electron chi connectivity index (χ3n) is 9.04. The van der Waals surface area contributed by atoms with Crippen molar-refractivity contribution in [2.75, 3.05) is 5.75 Å². The van der Waals surface area contributed by atoms with E-state index < -0.39 is 28.0 Å². The predicted molar refractivity (Wildman–Crippen MR) is 207 cm³/mol. The Morgan fingerprint density at radius 1 is 0.542 bits per heavy atom. The normalized spacial score (nSPS) is 13.7. The van der Waals surface area contributed by atoms with Crippen molar-refractivity contribution in [2.45, 2.75) is 212 Å². The molecule has 0 heterocycles. The first-order valence-corrected chi connectivity index (χ1v) is 21.8. The van der Waals surface area contributed by atoms with Crippen molar-refractivity contribution in [1.29, 1.82) is 0 Å². The summed E-state index contributed by atoms with van der Waals surface area (Å²) in [6.07, 6.45) is 45.6. The average molecular weight is 696 g/mol. The Hall–Kier alpha value is -1.44. The van der Waals surface area contributed by atoms with Gasteiger partial charge in [0.05, 0.1) is 17.9 Å². The fourth-order valence-electron chi connectivity index (χ4n) is 5.99. The standard InChI is InChI=1S/C41H77NO5S/c1-3-5-7-9-11-13-15-17-19-20-21-22-23-25-27-29-31-33-35-37-41(44)42-39(38-48(45,46)47)40(43)36-34-32-30-28-26-24-18-16-14-12-10-8-6-4-2/h17,19,26,28,34,36,39-40,43H,3-16,18,20-25,27,29-33,35,37-38H2,1-2H3,(H,42,44)(H,45,46,47)/b19-17-,28-26+,36-34+. The molecule has 282 valence electrons. The highest BCUT2D eigenvalue weighted by Gasteiger charge is 2.24. The fraction of sp³-hybridized carbons (Fsp3) is 0.829. The Kier molecular flexibility index (Phi) is 34.3. The van der Waals surface area contributed by atoms with Gasteiger partial charge < -0.3 is 10.4 Å². The number of aliphatic hydroxyl groups excluding tert-OH is 1. The second kappa shape index (κ2) is 35.4. The Balaban J connectivity index is 3.95. The maximum absolute atomic E-state index is 12.5. The molecule has 0 aromatic heterocycles. The monoisotopic (exact) mass is 696 g/mol. The van der Waals surface area contributed by atoms with Gasteiger partial charge in [-0.15, -0.1) is 0 Å². The lowest BCUT2D eigenvalue weighted by atomic mass is 10.0. The molecule has 0 radical (unpaired) electrons. The minimum absolute atomic E-state index is 0.286. The van der Waals surface area contributed by atoms with E-state index in [0.29, 0.717) is 6.42 Å². The van der Waals surface area contributed by atoms with Gasteiger partial charge >= 0.3 is 0 Å². The molecule has 0 rings (SSSR count). The van der Waals surface area contributed by atoms with Crippen molar-refractivity contribution in [3.05, 3.63) is 36.5 Å². The van der Waals surface area contributed by atoms with Gasteiger partial charge in [-0.1, -0.05) is 172 Å². The van der Waals surface area contributed by atoms with Gasteiger partial charge in [-0.05, 0) is 57.8 Å². The molecular weight excluding hydrogens is 619 g/mol. The number of unbranched alkanes of at least 4 members (excludes halogenated alkanes) is 24. The Morgan fingerprint density at radius 3 is 1.31 bits per heavy atom. The Labute approximate surface area is 297 Å². The van der Waals surface area contributed by atoms with Crippen LogP contribution in [0.1, 0.15) is 200 Å². The van der Waals surface area contributed by atoms with Crippen molar-refractivity contribution in [1.82, 2.24) is 5.32 Å². The van der Waals surface area contributed by atoms with Crippen LogP contribution < -0.4 is 5.32 Å². The van der Waals surface area contributed by atoms with Gasteiger partial charge in [-0.25, -0.2) is 0 Å². The molecule has 7 heteroatoms. The molecule has 0 fully saturated rings. The number of carbonyl (C=O) groups excluding carboxylic acids is 1. The molecule has 0 aromatic carbocycles. The van der Waals surface area contributed by atoms with E-state index in [1.165, 1.54) is 147 Å². The molecule has 0 aromatic rings. The summed E-state index contributed by atoms with van der Waals surface area (Å²) in [5.41, 5.74) is 0. The van der Waals surface area contributed by atoms with Crippen LogP contribution in [0.4, 0.5) is 0 Å². The van der Waals surface area contributed by atoms with Gasteiger partial charge in [0.2, 0.25) is 5.91 Å². The van der Waals surface area contributed by atoms with Crippen LogP contribution >= 0.6 is 0 Å². The minimum Gasteiger partial charge on any atom is -0.387 e. The molecule has 0 spiro atoms. The summed E-state index contributed by atoms with van der Waals surface area (Å²) in [5, 5.41) is 13.2. The Bertz CT molecular complexity index is 899. The number of allylic oxidation sites excluding steroid dienone is 5. The maximum Gasteiger partial charge on any atom is 0.267 e. The summed E-state index contributed by atoms with van der Waals surface area (Å²) in [5.74, 6) is -1.00. The molecule has 6 nitrogen and oxygen atoms in total. The predicted octanol–water partition coefficient (Wildman–Crippen LogP) is 11.7. The lowest BCUT2D eigenvalue weighted by molar-refractivity contribution is -0.122. The third kappa shape index (κ3) is 35.9. The average Bonchev–Trinajstić information content (AvgIpc) is 3.05. The second-order valence-electron chi connectivity index (χ2n) is 13.9. The van der Waals surface area contributed by atoms with E-state index in [9.17, 15) is 22.9 Å². The summed E-state index contributed by atoms with van der Waals surface area (Å²) in [4.78, 5) is 12.5. The molecule has 0 aliphatic heterocycles. The van der Waals surface area contributed by atoms with Gasteiger partial charge in [0.1, 0.15) is 0 Å². The topological polar surface area (TPSA) is 104 Å². The maximum atomic E-state index is 12.5. The van der Waals surface area contributed by atoms with Crippen LogP contribution in [0.3, 0.4) is 0 Å². The van der Waals surface area contributed by atoms with Crippen LogP contribution in [0.25, 0.3) is 0 Å². The van der Waals surface area contributed by atoms with Crippen LogP contribution in [-0.4, -0.2) is 41.9 Å². The number of nitrogens with one attached hydrogen (secondary N) is 1. The molecule has 2 atom stereocenters. The molecule has 0 saturated carbocycles. The molecule has 0 saturated heterocycles. The molecule has 1 amide bonds. The van der Waals surface area contributed by atoms with Crippen LogP contribution in [0.2, 0.25) is 0 Å². The minimum atomic E-state index is -4.35. The first kappa shape index (κ1) is 46.6. The largest absolute Gasteiger partial charge is 0.387 e. The second-order valence-corrected chi connectivity index (χ2v) is 15.4. The van der Waals surface area contributed by atoms with E-state index in [4.69, 9.17) is 0 Å². The molecule has 3 N–H and O–H groups in total. The van der Waals surface area contributed by atoms with Crippen molar-refractivity contribution >= 4 is 16.0 Å². The summed E-state index contributed by atoms with van der Waals surface area (Å²) in [6.45, 7) is 4.51. The van der Waals surface area contributed by atoms with E-state index >= 15 is 0 Å². The fourth-order valence-corrected chi connectivity index (χ4v) is 6.72. The number of hydrogen-bond acceptors (Lipinski definition) is 4. The lowest BCUT2D eigenvalue weighted by Crippen LogP contribution is -2.46. The SMILES string of the molecule is CCCCCCCC/C=C\CCCCCCCCCCCC(=O)NC(CS(=O)(=O)O)C(O)/C=C/CC/C=C/CCCCCCCCCC. The quantitative estimate of drug-likeness (QED) is 0.0344. The number of rotatable bonds is 36. The van der Waals surface area contributed by atoms with Gasteiger partial charge in [0, 0.05) is 6.42 Å². The summed E-state index contributed by atoms with van der Waals surface area (Å²) >= 11 is 0. The smallest absolute Gasteiger partial charge is 0.267 e. The van der Waals surface area contributed by atoms with E-state index in [1.54, 1.807) is 0 Å². The van der Waals surface area contributed by atoms with Crippen LogP contribution in [0.5, 0.6) is 0 Å². The van der Waals surface area contributed by atoms with E-state index in [2.05, 4.69) is 43.5 Å². The van der Waals surface area contributed by atoms with E-state index in [-0.39, 0.29) is 12.3 Å². The van der Waals surface area contributed by atoms with Gasteiger partial charge in [-0.2, -0.15) is 8.42 Å². The van der Waals surface area contributed by atoms with Crippen molar-refractivity contribution < 1.29 is 22.9 Å². The molecule has 2 unspecified atom stereocenters.